The van der Waals surface area contributed by atoms with E-state index in [0.717, 1.165) is 0 Å². The first-order chi connectivity index (χ1) is 2.80. The topological polar surface area (TPSA) is 26.0 Å². The zero-order valence-electron chi connectivity index (χ0n) is 3.06. The van der Waals surface area contributed by atoms with Crippen LogP contribution < -0.4 is 5.73 Å². The lowest BCUT2D eigenvalue weighted by atomic mass is 10.4. The van der Waals surface area contributed by atoms with Gasteiger partial charge < -0.3 is 5.73 Å². The molecule has 0 amide bonds. The smallest absolute Gasteiger partial charge is 0.131 e. The molecule has 0 radical (unpaired) electrons. The fourth-order valence-electron chi connectivity index (χ4n) is 0.184. The summed E-state index contributed by atoms with van der Waals surface area (Å²) in [4.78, 5) is 0.481. The molecule has 0 fully saturated rings. The lowest BCUT2D eigenvalue weighted by Gasteiger charge is -1.81. The molecule has 0 unspecified atom stereocenters. The van der Waals surface area contributed by atoms with Gasteiger partial charge >= 0.3 is 0 Å². The van der Waals surface area contributed by atoms with Crippen LogP contribution in [-0.4, -0.2) is 4.99 Å². The maximum atomic E-state index is 5.10. The van der Waals surface area contributed by atoms with Gasteiger partial charge in [-0.3, -0.25) is 0 Å². The van der Waals surface area contributed by atoms with Gasteiger partial charge in [-0.2, -0.15) is 0 Å². The van der Waals surface area contributed by atoms with E-state index in [2.05, 4.69) is 24.1 Å². The quantitative estimate of drug-likeness (QED) is 0.365. The molecule has 0 spiro atoms. The van der Waals surface area contributed by atoms with E-state index in [-0.39, 0.29) is 5.92 Å². The summed E-state index contributed by atoms with van der Waals surface area (Å²) < 4.78 is 0. The Morgan fingerprint density at radius 3 is 2.17 bits per heavy atom. The average Bonchev–Trinajstić information content (AvgIpc) is 2.06. The van der Waals surface area contributed by atoms with Crippen molar-refractivity contribution in [3.05, 3.63) is 0 Å². The molecule has 0 bridgehead atoms. The fourth-order valence-corrected chi connectivity index (χ4v) is 0.302. The molecular weight excluding hydrogens is 94.1 g/mol. The number of rotatable bonds is 1. The summed E-state index contributed by atoms with van der Waals surface area (Å²) in [5.41, 5.74) is 5.10. The molecule has 1 nitrogen and oxygen atoms in total. The second-order valence-corrected chi connectivity index (χ2v) is 1.60. The van der Waals surface area contributed by atoms with Crippen molar-refractivity contribution in [2.45, 2.75) is 0 Å². The molecular formula is C4H3NS. The predicted octanol–water partition coefficient (Wildman–Crippen LogP) is -0.0943. The van der Waals surface area contributed by atoms with Crippen LogP contribution in [0.3, 0.4) is 0 Å². The third-order valence-corrected chi connectivity index (χ3v) is 0.809. The average molecular weight is 97.1 g/mol. The molecule has 2 N–H and O–H groups in total. The van der Waals surface area contributed by atoms with Crippen LogP contribution in [0.15, 0.2) is 0 Å². The van der Waals surface area contributed by atoms with Gasteiger partial charge in [-0.15, -0.1) is 0 Å². The van der Waals surface area contributed by atoms with Crippen LogP contribution in [0.1, 0.15) is 0 Å². The van der Waals surface area contributed by atoms with Gasteiger partial charge in [-0.05, 0) is 0 Å². The largest absolute Gasteiger partial charge is 0.391 e. The number of hydrogen-bond donors (Lipinski definition) is 1. The molecule has 0 atom stereocenters. The van der Waals surface area contributed by atoms with E-state index in [0.29, 0.717) is 4.99 Å². The van der Waals surface area contributed by atoms with Crippen molar-refractivity contribution in [1.29, 1.82) is 0 Å². The van der Waals surface area contributed by atoms with Crippen LogP contribution in [-0.2, 0) is 0 Å². The van der Waals surface area contributed by atoms with Gasteiger partial charge in [0.2, 0.25) is 0 Å². The van der Waals surface area contributed by atoms with E-state index in [1.165, 1.54) is 0 Å². The lowest BCUT2D eigenvalue weighted by molar-refractivity contribution is 1.37. The van der Waals surface area contributed by atoms with Crippen LogP contribution in [0.5, 0.6) is 0 Å². The first-order valence-corrected chi connectivity index (χ1v) is 2.02. The number of hydrogen-bond acceptors (Lipinski definition) is 1. The van der Waals surface area contributed by atoms with Crippen molar-refractivity contribution >= 4 is 17.2 Å². The van der Waals surface area contributed by atoms with Crippen molar-refractivity contribution < 1.29 is 0 Å². The summed E-state index contributed by atoms with van der Waals surface area (Å²) in [6, 6.07) is 0. The Kier molecular flexibility index (Phi) is 0.578. The van der Waals surface area contributed by atoms with E-state index in [9.17, 15) is 0 Å². The standard InChI is InChI=1S/C4H3NS/c5-4(6)3-1-2-3/h3H,(H2,5,6). The van der Waals surface area contributed by atoms with Gasteiger partial charge in [0.15, 0.2) is 0 Å². The first-order valence-electron chi connectivity index (χ1n) is 1.61. The van der Waals surface area contributed by atoms with Crippen molar-refractivity contribution in [2.24, 2.45) is 11.7 Å². The van der Waals surface area contributed by atoms with Gasteiger partial charge in [0.1, 0.15) is 10.9 Å². The van der Waals surface area contributed by atoms with Crippen molar-refractivity contribution in [3.8, 4) is 11.8 Å². The Hall–Kier alpha value is -0.550. The molecule has 0 aromatic rings. The van der Waals surface area contributed by atoms with Crippen LogP contribution in [0.4, 0.5) is 0 Å². The monoisotopic (exact) mass is 97.0 g/mol. The highest BCUT2D eigenvalue weighted by Gasteiger charge is 2.11. The maximum Gasteiger partial charge on any atom is 0.131 e. The van der Waals surface area contributed by atoms with Crippen LogP contribution in [0.2, 0.25) is 0 Å². The van der Waals surface area contributed by atoms with Crippen molar-refractivity contribution in [1.82, 2.24) is 0 Å². The third kappa shape index (κ3) is 0.498. The van der Waals surface area contributed by atoms with E-state index in [4.69, 9.17) is 5.73 Å². The summed E-state index contributed by atoms with van der Waals surface area (Å²) in [5.74, 6) is 5.55. The van der Waals surface area contributed by atoms with Gasteiger partial charge in [-0.1, -0.05) is 24.1 Å². The fraction of sp³-hybridized carbons (Fsp3) is 0.250. The highest BCUT2D eigenvalue weighted by Crippen LogP contribution is 2.02. The molecule has 0 aromatic heterocycles. The second-order valence-electron chi connectivity index (χ2n) is 1.12. The zero-order chi connectivity index (χ0) is 4.57. The van der Waals surface area contributed by atoms with E-state index in [1.807, 2.05) is 0 Å². The minimum absolute atomic E-state index is 0.111. The summed E-state index contributed by atoms with van der Waals surface area (Å²) >= 11 is 4.53. The van der Waals surface area contributed by atoms with Gasteiger partial charge in [0, 0.05) is 0 Å². The Bertz CT molecular complexity index is 131. The van der Waals surface area contributed by atoms with E-state index in [1.54, 1.807) is 0 Å². The molecule has 6 heavy (non-hydrogen) atoms. The molecule has 0 aliphatic heterocycles. The third-order valence-electron chi connectivity index (χ3n) is 0.573. The van der Waals surface area contributed by atoms with Gasteiger partial charge in [0.25, 0.3) is 0 Å². The molecule has 0 heterocycles. The molecule has 30 valence electrons. The van der Waals surface area contributed by atoms with Gasteiger partial charge in [-0.25, -0.2) is 0 Å². The summed E-state index contributed by atoms with van der Waals surface area (Å²) in [6.07, 6.45) is 0. The Balaban J connectivity index is 2.36. The highest BCUT2D eigenvalue weighted by atomic mass is 32.1. The SMILES string of the molecule is NC(=S)C1C#C1. The second kappa shape index (κ2) is 0.954. The zero-order valence-corrected chi connectivity index (χ0v) is 3.88. The minimum Gasteiger partial charge on any atom is -0.391 e. The molecule has 0 saturated carbocycles. The summed E-state index contributed by atoms with van der Waals surface area (Å²) in [5, 5.41) is 0. The lowest BCUT2D eigenvalue weighted by Crippen LogP contribution is -2.11. The van der Waals surface area contributed by atoms with E-state index < -0.39 is 0 Å². The molecule has 2 heteroatoms. The molecule has 1 aliphatic rings. The summed E-state index contributed by atoms with van der Waals surface area (Å²) in [6.45, 7) is 0. The highest BCUT2D eigenvalue weighted by molar-refractivity contribution is 7.80. The Morgan fingerprint density at radius 1 is 1.67 bits per heavy atom. The predicted molar refractivity (Wildman–Crippen MR) is 28.1 cm³/mol. The van der Waals surface area contributed by atoms with Crippen LogP contribution >= 0.6 is 12.2 Å². The number of thiocarbonyl (C=S) groups is 1. The van der Waals surface area contributed by atoms with E-state index >= 15 is 0 Å². The first kappa shape index (κ1) is 3.63. The van der Waals surface area contributed by atoms with Crippen LogP contribution in [0, 0.1) is 17.8 Å². The van der Waals surface area contributed by atoms with Crippen molar-refractivity contribution in [3.63, 3.8) is 0 Å². The van der Waals surface area contributed by atoms with Crippen molar-refractivity contribution in [2.75, 3.05) is 0 Å². The molecule has 0 aromatic carbocycles. The molecule has 1 aliphatic carbocycles. The molecule has 0 saturated heterocycles. The minimum atomic E-state index is 0.111. The Labute approximate surface area is 41.5 Å². The normalized spacial score (nSPS) is 15.3. The summed E-state index contributed by atoms with van der Waals surface area (Å²) in [7, 11) is 0. The molecule has 1 rings (SSSR count). The van der Waals surface area contributed by atoms with Crippen LogP contribution in [0.25, 0.3) is 0 Å². The Morgan fingerprint density at radius 2 is 2.17 bits per heavy atom. The van der Waals surface area contributed by atoms with Gasteiger partial charge in [0.05, 0.1) is 0 Å². The number of nitrogens with two attached hydrogens (primary N) is 1. The maximum absolute atomic E-state index is 5.10.